The Balaban J connectivity index is 2.23. The van der Waals surface area contributed by atoms with Gasteiger partial charge in [-0.15, -0.1) is 0 Å². The molecule has 1 aliphatic heterocycles. The van der Waals surface area contributed by atoms with Crippen molar-refractivity contribution in [1.82, 2.24) is 0 Å². The van der Waals surface area contributed by atoms with Crippen LogP contribution in [0, 0.1) is 5.41 Å². The lowest BCUT2D eigenvalue weighted by Crippen LogP contribution is -2.38. The molecule has 186 valence electrons. The van der Waals surface area contributed by atoms with Gasteiger partial charge in [-0.2, -0.15) is 0 Å². The number of hydrogen-bond acceptors (Lipinski definition) is 6. The highest BCUT2D eigenvalue weighted by molar-refractivity contribution is 7.91. The number of benzene rings is 2. The molecule has 1 aliphatic rings. The van der Waals surface area contributed by atoms with Crippen molar-refractivity contribution in [3.05, 3.63) is 42.5 Å². The van der Waals surface area contributed by atoms with E-state index in [1.54, 1.807) is 6.07 Å². The second-order valence-corrected chi connectivity index (χ2v) is 11.1. The Bertz CT molecular complexity index is 1080. The molecule has 0 aliphatic carbocycles. The lowest BCUT2D eigenvalue weighted by Gasteiger charge is -2.37. The van der Waals surface area contributed by atoms with E-state index in [1.165, 1.54) is 13.2 Å². The van der Waals surface area contributed by atoms with Crippen molar-refractivity contribution in [1.29, 1.82) is 0 Å². The van der Waals surface area contributed by atoms with Crippen LogP contribution in [0.1, 0.15) is 52.4 Å². The fraction of sp³-hybridized carbons (Fsp3) is 0.500. The topological polar surface area (TPSA) is 98.9 Å². The highest BCUT2D eigenvalue weighted by Crippen LogP contribution is 2.48. The first kappa shape index (κ1) is 25.9. The molecule has 2 aromatic rings. The minimum absolute atomic E-state index is 0.0674. The van der Waals surface area contributed by atoms with E-state index in [9.17, 15) is 13.2 Å². The fourth-order valence-corrected chi connectivity index (χ4v) is 6.84. The number of unbranched alkanes of at least 4 members (excludes halogenated alkanes) is 2. The summed E-state index contributed by atoms with van der Waals surface area (Å²) in [5.41, 5.74) is 6.34. The molecule has 0 unspecified atom stereocenters. The number of rotatable bonds is 11. The van der Waals surface area contributed by atoms with E-state index >= 15 is 0 Å². The number of methoxy groups -OCH3 is 1. The summed E-state index contributed by atoms with van der Waals surface area (Å²) >= 11 is 0. The number of carbonyl (C=O) groups excluding carboxylic acids is 1. The number of hydrogen-bond donors (Lipinski definition) is 1. The molecule has 0 radical (unpaired) electrons. The highest BCUT2D eigenvalue weighted by Gasteiger charge is 2.42. The van der Waals surface area contributed by atoms with E-state index in [0.717, 1.165) is 44.2 Å². The van der Waals surface area contributed by atoms with Gasteiger partial charge < -0.3 is 20.1 Å². The number of para-hydroxylation sites is 1. The van der Waals surface area contributed by atoms with Crippen LogP contribution >= 0.6 is 0 Å². The van der Waals surface area contributed by atoms with Crippen LogP contribution in [0.3, 0.4) is 0 Å². The van der Waals surface area contributed by atoms with Gasteiger partial charge in [0.05, 0.1) is 23.4 Å². The zero-order valence-corrected chi connectivity index (χ0v) is 21.2. The Morgan fingerprint density at radius 2 is 1.71 bits per heavy atom. The zero-order valence-electron chi connectivity index (χ0n) is 20.4. The normalized spacial score (nSPS) is 16.4. The van der Waals surface area contributed by atoms with Gasteiger partial charge >= 0.3 is 0 Å². The van der Waals surface area contributed by atoms with Crippen LogP contribution in [0.2, 0.25) is 0 Å². The Morgan fingerprint density at radius 1 is 1.06 bits per heavy atom. The lowest BCUT2D eigenvalue weighted by atomic mass is 9.79. The van der Waals surface area contributed by atoms with Crippen molar-refractivity contribution in [2.75, 3.05) is 30.9 Å². The lowest BCUT2D eigenvalue weighted by molar-refractivity contribution is -0.119. The maximum absolute atomic E-state index is 13.9. The van der Waals surface area contributed by atoms with Crippen molar-refractivity contribution in [3.8, 4) is 11.5 Å². The number of carbonyl (C=O) groups is 1. The van der Waals surface area contributed by atoms with Gasteiger partial charge in [0.1, 0.15) is 0 Å². The molecule has 0 fully saturated rings. The van der Waals surface area contributed by atoms with Crippen LogP contribution in [0.5, 0.6) is 11.5 Å². The third-order valence-corrected chi connectivity index (χ3v) is 8.41. The van der Waals surface area contributed by atoms with Crippen LogP contribution in [-0.2, 0) is 14.6 Å². The van der Waals surface area contributed by atoms with Crippen molar-refractivity contribution < 1.29 is 22.7 Å². The first-order chi connectivity index (χ1) is 16.2. The summed E-state index contributed by atoms with van der Waals surface area (Å²) in [6.07, 6.45) is 5.61. The van der Waals surface area contributed by atoms with E-state index in [-0.39, 0.29) is 28.4 Å². The van der Waals surface area contributed by atoms with Crippen LogP contribution in [0.25, 0.3) is 0 Å². The Labute approximate surface area is 203 Å². The number of nitrogens with two attached hydrogens (primary N) is 1. The quantitative estimate of drug-likeness (QED) is 0.485. The summed E-state index contributed by atoms with van der Waals surface area (Å²) in [5, 5.41) is 0. The molecule has 2 aromatic carbocycles. The number of fused-ring (bicyclic) bond motifs is 1. The monoisotopic (exact) mass is 488 g/mol. The molecule has 8 heteroatoms. The van der Waals surface area contributed by atoms with Crippen molar-refractivity contribution in [2.45, 2.75) is 57.3 Å². The van der Waals surface area contributed by atoms with E-state index in [1.807, 2.05) is 30.3 Å². The minimum Gasteiger partial charge on any atom is -0.493 e. The number of amides is 1. The third-order valence-electron chi connectivity index (χ3n) is 6.42. The molecule has 1 heterocycles. The number of primary amides is 1. The number of ether oxygens (including phenoxy) is 2. The molecular weight excluding hydrogens is 452 g/mol. The van der Waals surface area contributed by atoms with Gasteiger partial charge in [-0.25, -0.2) is 8.42 Å². The average Bonchev–Trinajstić information content (AvgIpc) is 2.92. The smallest absolute Gasteiger partial charge is 0.255 e. The van der Waals surface area contributed by atoms with Crippen LogP contribution in [-0.4, -0.2) is 40.3 Å². The van der Waals surface area contributed by atoms with E-state index in [0.29, 0.717) is 18.0 Å². The molecule has 3 rings (SSSR count). The molecule has 0 atom stereocenters. The summed E-state index contributed by atoms with van der Waals surface area (Å²) in [6, 6.07) is 13.0. The number of nitrogens with zero attached hydrogens (tertiary/aromatic N) is 1. The summed E-state index contributed by atoms with van der Waals surface area (Å²) in [4.78, 5) is 13.6. The van der Waals surface area contributed by atoms with Gasteiger partial charge in [0.25, 0.3) is 5.91 Å². The van der Waals surface area contributed by atoms with Crippen molar-refractivity contribution >= 4 is 27.1 Å². The van der Waals surface area contributed by atoms with Gasteiger partial charge in [-0.3, -0.25) is 4.79 Å². The summed E-state index contributed by atoms with van der Waals surface area (Å²) in [5.74, 6) is -0.0429. The van der Waals surface area contributed by atoms with Gasteiger partial charge in [0.15, 0.2) is 27.9 Å². The first-order valence-corrected chi connectivity index (χ1v) is 13.6. The summed E-state index contributed by atoms with van der Waals surface area (Å²) in [7, 11) is -2.18. The van der Waals surface area contributed by atoms with E-state index < -0.39 is 15.7 Å². The summed E-state index contributed by atoms with van der Waals surface area (Å²) < 4.78 is 38.8. The number of anilines is 2. The van der Waals surface area contributed by atoms with Crippen molar-refractivity contribution in [3.63, 3.8) is 0 Å². The molecule has 0 aromatic heterocycles. The maximum Gasteiger partial charge on any atom is 0.255 e. The van der Waals surface area contributed by atoms with Gasteiger partial charge in [-0.1, -0.05) is 57.7 Å². The standard InChI is InChI=1S/C26H36N2O5S/c1-4-6-13-26(14-7-5-2)18-28(20-11-9-8-10-12-20)21-15-22(32-3)23(33-17-25(27)29)16-24(21)34(30,31)19-26/h8-12,15-16H,4-7,13-14,17-19H2,1-3H3,(H2,27,29). The van der Waals surface area contributed by atoms with Crippen LogP contribution in [0.15, 0.2) is 47.4 Å². The van der Waals surface area contributed by atoms with Gasteiger partial charge in [-0.05, 0) is 25.0 Å². The molecule has 0 spiro atoms. The van der Waals surface area contributed by atoms with Gasteiger partial charge in [0, 0.05) is 29.8 Å². The first-order valence-electron chi connectivity index (χ1n) is 11.9. The SMILES string of the molecule is CCCCC1(CCCC)CN(c2ccccc2)c2cc(OC)c(OCC(N)=O)cc2S(=O)(=O)C1. The van der Waals surface area contributed by atoms with E-state index in [4.69, 9.17) is 15.2 Å². The molecule has 0 bridgehead atoms. The molecule has 34 heavy (non-hydrogen) atoms. The van der Waals surface area contributed by atoms with Crippen LogP contribution < -0.4 is 20.1 Å². The molecule has 0 saturated heterocycles. The second kappa shape index (κ2) is 11.1. The summed E-state index contributed by atoms with van der Waals surface area (Å²) in [6.45, 7) is 4.49. The van der Waals surface area contributed by atoms with Crippen LogP contribution in [0.4, 0.5) is 11.4 Å². The average molecular weight is 489 g/mol. The predicted molar refractivity (Wildman–Crippen MR) is 135 cm³/mol. The fourth-order valence-electron chi connectivity index (χ4n) is 4.73. The maximum atomic E-state index is 13.9. The van der Waals surface area contributed by atoms with Gasteiger partial charge in [0.2, 0.25) is 0 Å². The minimum atomic E-state index is -3.67. The Hall–Kier alpha value is -2.74. The molecule has 1 amide bonds. The molecular formula is C26H36N2O5S. The van der Waals surface area contributed by atoms with Crippen molar-refractivity contribution in [2.24, 2.45) is 11.1 Å². The number of sulfone groups is 1. The third kappa shape index (κ3) is 5.84. The zero-order chi connectivity index (χ0) is 24.8. The largest absolute Gasteiger partial charge is 0.493 e. The highest BCUT2D eigenvalue weighted by atomic mass is 32.2. The second-order valence-electron chi connectivity index (χ2n) is 9.11. The Kier molecular flexibility index (Phi) is 8.47. The van der Waals surface area contributed by atoms with E-state index in [2.05, 4.69) is 18.7 Å². The molecule has 2 N–H and O–H groups in total. The molecule has 0 saturated carbocycles. The molecule has 7 nitrogen and oxygen atoms in total. The Morgan fingerprint density at radius 3 is 2.26 bits per heavy atom. The predicted octanol–water partition coefficient (Wildman–Crippen LogP) is 4.85.